The molecule has 1 amide bonds. The largest absolute Gasteiger partial charge is 0.369 e. The average molecular weight is 472 g/mol. The number of amides is 1. The Morgan fingerprint density at radius 1 is 1.13 bits per heavy atom. The minimum Gasteiger partial charge on any atom is -0.369 e. The number of piperidine rings is 1. The predicted octanol–water partition coefficient (Wildman–Crippen LogP) is 2.50. The highest BCUT2D eigenvalue weighted by molar-refractivity contribution is 7.14. The van der Waals surface area contributed by atoms with Crippen molar-refractivity contribution in [2.24, 2.45) is 0 Å². The maximum Gasteiger partial charge on any atom is 0.264 e. The fourth-order valence-electron chi connectivity index (χ4n) is 4.48. The number of halogens is 2. The number of rotatable bonds is 2. The monoisotopic (exact) mass is 471 g/mol. The zero-order chi connectivity index (χ0) is 19.0. The fraction of sp³-hybridized carbons (Fsp3) is 0.550. The Labute approximate surface area is 193 Å². The molecule has 10 heteroatoms. The summed E-state index contributed by atoms with van der Waals surface area (Å²) in [6.45, 7) is 5.71. The number of carbonyl (C=O) groups is 1. The third-order valence-electron chi connectivity index (χ3n) is 6.04. The molecule has 2 aromatic rings. The van der Waals surface area contributed by atoms with Crippen LogP contribution in [0, 0.1) is 0 Å². The van der Waals surface area contributed by atoms with Crippen LogP contribution in [0.5, 0.6) is 0 Å². The highest BCUT2D eigenvalue weighted by Crippen LogP contribution is 2.44. The summed E-state index contributed by atoms with van der Waals surface area (Å²) in [7, 11) is 0. The number of aromatic nitrogens is 2. The van der Waals surface area contributed by atoms with Gasteiger partial charge in [-0.15, -0.1) is 36.2 Å². The lowest BCUT2D eigenvalue weighted by Crippen LogP contribution is -2.48. The van der Waals surface area contributed by atoms with E-state index in [1.54, 1.807) is 29.9 Å². The van der Waals surface area contributed by atoms with Gasteiger partial charge in [0.05, 0.1) is 17.7 Å². The van der Waals surface area contributed by atoms with Crippen molar-refractivity contribution in [2.75, 3.05) is 50.8 Å². The summed E-state index contributed by atoms with van der Waals surface area (Å²) >= 11 is 1.66. The molecule has 0 atom stereocenters. The molecule has 0 radical (unpaired) electrons. The molecule has 3 aliphatic heterocycles. The van der Waals surface area contributed by atoms with Gasteiger partial charge < -0.3 is 19.9 Å². The van der Waals surface area contributed by atoms with Crippen LogP contribution in [0.3, 0.4) is 0 Å². The van der Waals surface area contributed by atoms with E-state index >= 15 is 0 Å². The molecule has 7 nitrogen and oxygen atoms in total. The van der Waals surface area contributed by atoms with E-state index < -0.39 is 0 Å². The summed E-state index contributed by atoms with van der Waals surface area (Å²) in [5.74, 6) is 1.04. The van der Waals surface area contributed by atoms with Gasteiger partial charge in [0.15, 0.2) is 0 Å². The van der Waals surface area contributed by atoms with E-state index in [1.807, 2.05) is 4.90 Å². The molecule has 2 saturated heterocycles. The van der Waals surface area contributed by atoms with Crippen LogP contribution in [0.15, 0.2) is 24.7 Å². The van der Waals surface area contributed by atoms with Gasteiger partial charge in [0, 0.05) is 43.4 Å². The number of carbonyl (C=O) groups excluding carboxylic acids is 1. The summed E-state index contributed by atoms with van der Waals surface area (Å²) < 4.78 is 6.26. The quantitative estimate of drug-likeness (QED) is 0.725. The van der Waals surface area contributed by atoms with Crippen molar-refractivity contribution in [3.05, 3.63) is 40.0 Å². The first-order valence-corrected chi connectivity index (χ1v) is 10.8. The number of nitrogens with zero attached hydrogens (tertiary/aromatic N) is 4. The van der Waals surface area contributed by atoms with Gasteiger partial charge in [-0.05, 0) is 44.0 Å². The molecule has 5 heterocycles. The predicted molar refractivity (Wildman–Crippen MR) is 122 cm³/mol. The number of ether oxygens (including phenoxy) is 1. The zero-order valence-electron chi connectivity index (χ0n) is 16.7. The Hall–Kier alpha value is -1.45. The lowest BCUT2D eigenvalue weighted by atomic mass is 9.86. The third kappa shape index (κ3) is 4.29. The Morgan fingerprint density at radius 2 is 1.90 bits per heavy atom. The second kappa shape index (κ2) is 9.78. The van der Waals surface area contributed by atoms with Crippen molar-refractivity contribution in [3.8, 4) is 0 Å². The first kappa shape index (κ1) is 23.2. The molecule has 1 N–H and O–H groups in total. The number of nitrogens with one attached hydrogen (secondary N) is 1. The number of hydrogen-bond donors (Lipinski definition) is 1. The topological polar surface area (TPSA) is 70.6 Å². The molecule has 3 aliphatic rings. The van der Waals surface area contributed by atoms with E-state index in [1.165, 1.54) is 10.4 Å². The van der Waals surface area contributed by atoms with E-state index in [0.29, 0.717) is 13.1 Å². The summed E-state index contributed by atoms with van der Waals surface area (Å²) in [4.78, 5) is 28.0. The number of piperazine rings is 1. The molecule has 5 rings (SSSR count). The molecule has 164 valence electrons. The van der Waals surface area contributed by atoms with Crippen LogP contribution in [-0.4, -0.2) is 66.7 Å². The van der Waals surface area contributed by atoms with Gasteiger partial charge in [-0.2, -0.15) is 0 Å². The second-order valence-corrected chi connectivity index (χ2v) is 8.70. The smallest absolute Gasteiger partial charge is 0.264 e. The molecule has 2 fully saturated rings. The minimum atomic E-state index is -0.174. The molecule has 0 aliphatic carbocycles. The SMILES string of the molecule is Cl.Cl.O=C(c1cc2c(s1)C1(CCNCC1)OCC2)N1CCN(c2cnccn2)CC1. The lowest BCUT2D eigenvalue weighted by molar-refractivity contribution is -0.0771. The Bertz CT molecular complexity index is 852. The minimum absolute atomic E-state index is 0. The van der Waals surface area contributed by atoms with Gasteiger partial charge in [-0.1, -0.05) is 0 Å². The Kier molecular flexibility index (Phi) is 7.57. The van der Waals surface area contributed by atoms with Gasteiger partial charge in [-0.25, -0.2) is 4.98 Å². The average Bonchev–Trinajstić information content (AvgIpc) is 3.21. The van der Waals surface area contributed by atoms with E-state index in [-0.39, 0.29) is 36.3 Å². The van der Waals surface area contributed by atoms with Gasteiger partial charge in [0.1, 0.15) is 11.4 Å². The maximum absolute atomic E-state index is 13.2. The maximum atomic E-state index is 13.2. The van der Waals surface area contributed by atoms with E-state index in [0.717, 1.165) is 62.7 Å². The molecule has 2 aromatic heterocycles. The number of thiophene rings is 1. The normalized spacial score (nSPS) is 20.1. The van der Waals surface area contributed by atoms with E-state index in [2.05, 4.69) is 26.3 Å². The molecule has 30 heavy (non-hydrogen) atoms. The van der Waals surface area contributed by atoms with Gasteiger partial charge in [0.2, 0.25) is 0 Å². The van der Waals surface area contributed by atoms with Crippen LogP contribution in [0.25, 0.3) is 0 Å². The van der Waals surface area contributed by atoms with Crippen LogP contribution in [0.2, 0.25) is 0 Å². The summed E-state index contributed by atoms with van der Waals surface area (Å²) in [5, 5.41) is 3.42. The molecule has 0 aromatic carbocycles. The lowest BCUT2D eigenvalue weighted by Gasteiger charge is -2.40. The molecule has 0 unspecified atom stereocenters. The van der Waals surface area contributed by atoms with Crippen molar-refractivity contribution >= 4 is 47.9 Å². The van der Waals surface area contributed by atoms with E-state index in [4.69, 9.17) is 4.74 Å². The van der Waals surface area contributed by atoms with Crippen molar-refractivity contribution in [3.63, 3.8) is 0 Å². The summed E-state index contributed by atoms with van der Waals surface area (Å²) in [5.41, 5.74) is 1.15. The number of fused-ring (bicyclic) bond motifs is 2. The van der Waals surface area contributed by atoms with Crippen molar-refractivity contribution in [2.45, 2.75) is 24.9 Å². The second-order valence-electron chi connectivity index (χ2n) is 7.65. The highest BCUT2D eigenvalue weighted by Gasteiger charge is 2.41. The number of hydrogen-bond acceptors (Lipinski definition) is 7. The summed E-state index contributed by atoms with van der Waals surface area (Å²) in [6.07, 6.45) is 8.07. The van der Waals surface area contributed by atoms with Crippen LogP contribution < -0.4 is 10.2 Å². The third-order valence-corrected chi connectivity index (χ3v) is 7.39. The van der Waals surface area contributed by atoms with Crippen molar-refractivity contribution in [1.29, 1.82) is 0 Å². The fourth-order valence-corrected chi connectivity index (χ4v) is 5.86. The first-order valence-electron chi connectivity index (χ1n) is 10.0. The van der Waals surface area contributed by atoms with Crippen LogP contribution in [0.1, 0.15) is 33.0 Å². The molecule has 0 saturated carbocycles. The first-order chi connectivity index (χ1) is 13.8. The van der Waals surface area contributed by atoms with Crippen LogP contribution in [-0.2, 0) is 16.8 Å². The molecule has 1 spiro atoms. The van der Waals surface area contributed by atoms with Crippen molar-refractivity contribution < 1.29 is 9.53 Å². The van der Waals surface area contributed by atoms with Crippen LogP contribution >= 0.6 is 36.2 Å². The highest BCUT2D eigenvalue weighted by atomic mass is 35.5. The molecular weight excluding hydrogens is 445 g/mol. The standard InChI is InChI=1S/C20H25N5O2S.2ClH/c26-19(25-10-8-24(9-11-25)17-14-22-6-7-23-17)16-13-15-1-12-27-20(18(15)28-16)2-4-21-5-3-20;;/h6-7,13-14,21H,1-5,8-12H2;2*1H. The summed E-state index contributed by atoms with van der Waals surface area (Å²) in [6, 6.07) is 2.13. The van der Waals surface area contributed by atoms with Gasteiger partial charge in [-0.3, -0.25) is 9.78 Å². The zero-order valence-corrected chi connectivity index (χ0v) is 19.2. The van der Waals surface area contributed by atoms with Gasteiger partial charge in [0.25, 0.3) is 5.91 Å². The Morgan fingerprint density at radius 3 is 2.60 bits per heavy atom. The van der Waals surface area contributed by atoms with Gasteiger partial charge >= 0.3 is 0 Å². The molecular formula is C20H27Cl2N5O2S. The Balaban J connectivity index is 0.00000128. The van der Waals surface area contributed by atoms with Crippen molar-refractivity contribution in [1.82, 2.24) is 20.2 Å². The number of anilines is 1. The molecule has 0 bridgehead atoms. The van der Waals surface area contributed by atoms with Crippen LogP contribution in [0.4, 0.5) is 5.82 Å². The van der Waals surface area contributed by atoms with E-state index in [9.17, 15) is 4.79 Å².